The molecule has 1 unspecified atom stereocenters. The summed E-state index contributed by atoms with van der Waals surface area (Å²) in [6, 6.07) is 1.82. The molecule has 0 bridgehead atoms. The van der Waals surface area contributed by atoms with E-state index in [0.717, 1.165) is 23.1 Å². The second-order valence-electron chi connectivity index (χ2n) is 4.21. The van der Waals surface area contributed by atoms with Crippen molar-refractivity contribution in [1.29, 1.82) is 0 Å². The van der Waals surface area contributed by atoms with Gasteiger partial charge in [-0.15, -0.1) is 0 Å². The zero-order valence-corrected chi connectivity index (χ0v) is 11.5. The Bertz CT molecular complexity index is 441. The monoisotopic (exact) mass is 317 g/mol. The third-order valence-corrected chi connectivity index (χ3v) is 3.69. The maximum atomic E-state index is 11.1. The Kier molecular flexibility index (Phi) is 4.01. The van der Waals surface area contributed by atoms with Crippen LogP contribution in [-0.4, -0.2) is 28.9 Å². The number of carbonyl (C=O) groups is 1. The highest BCUT2D eigenvalue weighted by Gasteiger charge is 2.26. The Morgan fingerprint density at radius 3 is 3.06 bits per heavy atom. The lowest BCUT2D eigenvalue weighted by atomic mass is 10.1. The van der Waals surface area contributed by atoms with Gasteiger partial charge in [-0.1, -0.05) is 11.6 Å². The van der Waals surface area contributed by atoms with Crippen molar-refractivity contribution in [2.24, 2.45) is 11.7 Å². The third kappa shape index (κ3) is 3.18. The number of hydrogen-bond acceptors (Lipinski definition) is 3. The quantitative estimate of drug-likeness (QED) is 0.924. The molecule has 0 radical (unpaired) electrons. The first-order valence-electron chi connectivity index (χ1n) is 5.38. The summed E-state index contributed by atoms with van der Waals surface area (Å²) >= 11 is 9.41. The highest BCUT2D eigenvalue weighted by atomic mass is 79.9. The Hall–Kier alpha value is -0.650. The van der Waals surface area contributed by atoms with E-state index in [2.05, 4.69) is 25.8 Å². The number of nitrogens with two attached hydrogens (primary N) is 1. The molecular weight excluding hydrogens is 305 g/mol. The van der Waals surface area contributed by atoms with E-state index in [9.17, 15) is 4.79 Å². The molecule has 2 heterocycles. The van der Waals surface area contributed by atoms with Gasteiger partial charge in [0.05, 0.1) is 16.6 Å². The van der Waals surface area contributed by atoms with Crippen LogP contribution in [0.2, 0.25) is 5.02 Å². The van der Waals surface area contributed by atoms with Crippen LogP contribution in [0.3, 0.4) is 0 Å². The second kappa shape index (κ2) is 5.33. The standard InChI is InChI=1S/C11H13BrClN3O/c12-8-3-9(13)10(15-4-8)6-16-2-1-7(5-16)11(14)17/h3-4,7H,1-2,5-6H2,(H2,14,17). The van der Waals surface area contributed by atoms with E-state index in [0.29, 0.717) is 18.1 Å². The SMILES string of the molecule is NC(=O)C1CCN(Cc2ncc(Br)cc2Cl)C1. The molecule has 1 aliphatic rings. The molecule has 1 atom stereocenters. The van der Waals surface area contributed by atoms with Crippen LogP contribution in [-0.2, 0) is 11.3 Å². The van der Waals surface area contributed by atoms with Gasteiger partial charge in [0, 0.05) is 23.8 Å². The summed E-state index contributed by atoms with van der Waals surface area (Å²) in [6.45, 7) is 2.22. The molecule has 0 saturated carbocycles. The van der Waals surface area contributed by atoms with E-state index in [-0.39, 0.29) is 11.8 Å². The average Bonchev–Trinajstić information content (AvgIpc) is 2.71. The van der Waals surface area contributed by atoms with Crippen molar-refractivity contribution in [1.82, 2.24) is 9.88 Å². The predicted octanol–water partition coefficient (Wildman–Crippen LogP) is 1.80. The number of rotatable bonds is 3. The van der Waals surface area contributed by atoms with Gasteiger partial charge in [0.1, 0.15) is 0 Å². The van der Waals surface area contributed by atoms with Gasteiger partial charge >= 0.3 is 0 Å². The van der Waals surface area contributed by atoms with Crippen molar-refractivity contribution in [3.8, 4) is 0 Å². The molecule has 1 aromatic heterocycles. The third-order valence-electron chi connectivity index (χ3n) is 2.93. The van der Waals surface area contributed by atoms with E-state index < -0.39 is 0 Å². The van der Waals surface area contributed by atoms with Crippen LogP contribution in [0.15, 0.2) is 16.7 Å². The topological polar surface area (TPSA) is 59.2 Å². The molecule has 17 heavy (non-hydrogen) atoms. The van der Waals surface area contributed by atoms with Gasteiger partial charge in [-0.25, -0.2) is 0 Å². The zero-order chi connectivity index (χ0) is 12.4. The lowest BCUT2D eigenvalue weighted by Crippen LogP contribution is -2.27. The normalized spacial score (nSPS) is 20.7. The largest absolute Gasteiger partial charge is 0.369 e. The van der Waals surface area contributed by atoms with Gasteiger partial charge in [0.2, 0.25) is 5.91 Å². The number of pyridine rings is 1. The Morgan fingerprint density at radius 2 is 2.47 bits per heavy atom. The van der Waals surface area contributed by atoms with Crippen LogP contribution in [0, 0.1) is 5.92 Å². The number of nitrogens with zero attached hydrogens (tertiary/aromatic N) is 2. The summed E-state index contributed by atoms with van der Waals surface area (Å²) in [5, 5.41) is 0.641. The van der Waals surface area contributed by atoms with Crippen molar-refractivity contribution in [2.45, 2.75) is 13.0 Å². The summed E-state index contributed by atoms with van der Waals surface area (Å²) in [6.07, 6.45) is 2.55. The highest BCUT2D eigenvalue weighted by molar-refractivity contribution is 9.10. The van der Waals surface area contributed by atoms with Gasteiger partial charge in [-0.05, 0) is 35.0 Å². The van der Waals surface area contributed by atoms with E-state index in [1.54, 1.807) is 6.20 Å². The first-order valence-corrected chi connectivity index (χ1v) is 6.55. The summed E-state index contributed by atoms with van der Waals surface area (Å²) < 4.78 is 0.864. The molecule has 1 fully saturated rings. The minimum absolute atomic E-state index is 0.0378. The highest BCUT2D eigenvalue weighted by Crippen LogP contribution is 2.23. The summed E-state index contributed by atoms with van der Waals surface area (Å²) in [5.41, 5.74) is 6.12. The fraction of sp³-hybridized carbons (Fsp3) is 0.455. The van der Waals surface area contributed by atoms with Crippen LogP contribution in [0.25, 0.3) is 0 Å². The van der Waals surface area contributed by atoms with Crippen LogP contribution in [0.5, 0.6) is 0 Å². The minimum Gasteiger partial charge on any atom is -0.369 e. The van der Waals surface area contributed by atoms with Crippen molar-refractivity contribution < 1.29 is 4.79 Å². The summed E-state index contributed by atoms with van der Waals surface area (Å²) in [5.74, 6) is -0.258. The molecule has 2 N–H and O–H groups in total. The van der Waals surface area contributed by atoms with Gasteiger partial charge in [0.15, 0.2) is 0 Å². The lowest BCUT2D eigenvalue weighted by Gasteiger charge is -2.15. The van der Waals surface area contributed by atoms with Crippen molar-refractivity contribution in [2.75, 3.05) is 13.1 Å². The summed E-state index contributed by atoms with van der Waals surface area (Å²) in [4.78, 5) is 17.5. The van der Waals surface area contributed by atoms with Crippen molar-refractivity contribution in [3.63, 3.8) is 0 Å². The summed E-state index contributed by atoms with van der Waals surface area (Å²) in [7, 11) is 0. The van der Waals surface area contributed by atoms with Crippen LogP contribution in [0.1, 0.15) is 12.1 Å². The molecule has 6 heteroatoms. The van der Waals surface area contributed by atoms with Crippen molar-refractivity contribution >= 4 is 33.4 Å². The molecular formula is C11H13BrClN3O. The van der Waals surface area contributed by atoms with E-state index in [4.69, 9.17) is 17.3 Å². The molecule has 92 valence electrons. The molecule has 1 saturated heterocycles. The number of carbonyl (C=O) groups excluding carboxylic acids is 1. The fourth-order valence-corrected chi connectivity index (χ4v) is 2.67. The lowest BCUT2D eigenvalue weighted by molar-refractivity contribution is -0.121. The van der Waals surface area contributed by atoms with E-state index in [1.807, 2.05) is 6.07 Å². The first-order chi connectivity index (χ1) is 8.06. The number of amides is 1. The zero-order valence-electron chi connectivity index (χ0n) is 9.20. The number of likely N-dealkylation sites (tertiary alicyclic amines) is 1. The number of primary amides is 1. The van der Waals surface area contributed by atoms with Crippen LogP contribution >= 0.6 is 27.5 Å². The molecule has 2 rings (SSSR count). The van der Waals surface area contributed by atoms with E-state index >= 15 is 0 Å². The maximum absolute atomic E-state index is 11.1. The Balaban J connectivity index is 2.00. The average molecular weight is 319 g/mol. The molecule has 0 aliphatic carbocycles. The number of hydrogen-bond donors (Lipinski definition) is 1. The Labute approximate surface area is 113 Å². The molecule has 0 aromatic carbocycles. The minimum atomic E-state index is -0.220. The molecule has 1 aliphatic heterocycles. The molecule has 1 amide bonds. The fourth-order valence-electron chi connectivity index (χ4n) is 1.98. The molecule has 0 spiro atoms. The Morgan fingerprint density at radius 1 is 1.71 bits per heavy atom. The molecule has 1 aromatic rings. The van der Waals surface area contributed by atoms with Crippen LogP contribution in [0.4, 0.5) is 0 Å². The van der Waals surface area contributed by atoms with Crippen LogP contribution < -0.4 is 5.73 Å². The molecule has 4 nitrogen and oxygen atoms in total. The maximum Gasteiger partial charge on any atom is 0.221 e. The van der Waals surface area contributed by atoms with Gasteiger partial charge < -0.3 is 5.73 Å². The van der Waals surface area contributed by atoms with Gasteiger partial charge in [-0.2, -0.15) is 0 Å². The predicted molar refractivity (Wildman–Crippen MR) is 69.5 cm³/mol. The van der Waals surface area contributed by atoms with Crippen molar-refractivity contribution in [3.05, 3.63) is 27.5 Å². The number of halogens is 2. The number of aromatic nitrogens is 1. The van der Waals surface area contributed by atoms with Gasteiger partial charge in [-0.3, -0.25) is 14.7 Å². The van der Waals surface area contributed by atoms with Gasteiger partial charge in [0.25, 0.3) is 0 Å². The second-order valence-corrected chi connectivity index (χ2v) is 5.53. The first kappa shape index (κ1) is 12.8. The van der Waals surface area contributed by atoms with E-state index in [1.165, 1.54) is 0 Å². The smallest absolute Gasteiger partial charge is 0.221 e.